The van der Waals surface area contributed by atoms with Crippen molar-refractivity contribution in [2.45, 2.75) is 143 Å². The van der Waals surface area contributed by atoms with Crippen LogP contribution >= 0.6 is 0 Å². The second-order valence-corrected chi connectivity index (χ2v) is 9.72. The van der Waals surface area contributed by atoms with Gasteiger partial charge in [0.15, 0.2) is 0 Å². The minimum absolute atomic E-state index is 0.0173. The van der Waals surface area contributed by atoms with Crippen LogP contribution in [0.5, 0.6) is 0 Å². The lowest BCUT2D eigenvalue weighted by Gasteiger charge is -2.25. The first kappa shape index (κ1) is 34.8. The largest absolute Gasteiger partial charge is 0.393 e. The van der Waals surface area contributed by atoms with Crippen LogP contribution in [0.25, 0.3) is 0 Å². The fourth-order valence-electron chi connectivity index (χ4n) is 5.17. The molecule has 0 aromatic rings. The first-order chi connectivity index (χ1) is 16.2. The second-order valence-electron chi connectivity index (χ2n) is 9.72. The second kappa shape index (κ2) is 27.9. The van der Waals surface area contributed by atoms with Gasteiger partial charge in [0.05, 0.1) is 6.10 Å². The van der Waals surface area contributed by atoms with Crippen molar-refractivity contribution in [1.82, 2.24) is 4.90 Å². The Kier molecular flexibility index (Phi) is 29.4. The maximum absolute atomic E-state index is 9.21. The number of aliphatic hydroxyl groups excluding tert-OH is 1. The van der Waals surface area contributed by atoms with Gasteiger partial charge in [-0.1, -0.05) is 91.6 Å². The smallest absolute Gasteiger partial charge is 0.0542 e. The van der Waals surface area contributed by atoms with Crippen LogP contribution in [0.4, 0.5) is 0 Å². The van der Waals surface area contributed by atoms with E-state index in [1.54, 1.807) is 0 Å². The monoisotopic (exact) mass is 469 g/mol. The SMILES string of the molecule is C=CCCCCCN(CCC)CCCC1CCCCC1.CC.CCC1CCCC(O)C1.CN. The Morgan fingerprint density at radius 1 is 0.818 bits per heavy atom. The standard InChI is InChI=1S/C19H37N.C8H16O.C2H6.CH5N/c1-3-5-6-7-11-17-20(16-4-2)18-12-15-19-13-9-8-10-14-19;1-2-7-4-3-5-8(9)6-7;2*1-2/h3,19H,1,4-18H2,2H3;7-9H,2-6H2,1H3;1-2H3;2H2,1H3. The molecular formula is C30H64N2O. The van der Waals surface area contributed by atoms with Crippen molar-refractivity contribution in [3.05, 3.63) is 12.7 Å². The Labute approximate surface area is 210 Å². The maximum atomic E-state index is 9.21. The van der Waals surface area contributed by atoms with Crippen molar-refractivity contribution in [3.8, 4) is 0 Å². The van der Waals surface area contributed by atoms with Crippen LogP contribution in [0, 0.1) is 11.8 Å². The predicted molar refractivity (Wildman–Crippen MR) is 151 cm³/mol. The summed E-state index contributed by atoms with van der Waals surface area (Å²) in [7, 11) is 1.50. The lowest BCUT2D eigenvalue weighted by atomic mass is 9.86. The van der Waals surface area contributed by atoms with Crippen LogP contribution < -0.4 is 5.73 Å². The number of nitrogens with two attached hydrogens (primary N) is 1. The number of nitrogens with zero attached hydrogens (tertiary/aromatic N) is 1. The Morgan fingerprint density at radius 2 is 1.45 bits per heavy atom. The lowest BCUT2D eigenvalue weighted by molar-refractivity contribution is 0.0998. The molecule has 0 aromatic carbocycles. The van der Waals surface area contributed by atoms with Crippen LogP contribution in [-0.4, -0.2) is 42.8 Å². The lowest BCUT2D eigenvalue weighted by Crippen LogP contribution is -2.27. The highest BCUT2D eigenvalue weighted by Crippen LogP contribution is 2.27. The van der Waals surface area contributed by atoms with E-state index < -0.39 is 0 Å². The Hall–Kier alpha value is -0.380. The van der Waals surface area contributed by atoms with Gasteiger partial charge >= 0.3 is 0 Å². The first-order valence-electron chi connectivity index (χ1n) is 14.8. The van der Waals surface area contributed by atoms with E-state index in [0.29, 0.717) is 0 Å². The summed E-state index contributed by atoms with van der Waals surface area (Å²) in [5.74, 6) is 1.87. The summed E-state index contributed by atoms with van der Waals surface area (Å²) in [6.45, 7) is 16.3. The number of hydrogen-bond donors (Lipinski definition) is 2. The van der Waals surface area contributed by atoms with E-state index in [1.165, 1.54) is 123 Å². The molecular weight excluding hydrogens is 404 g/mol. The third-order valence-electron chi connectivity index (χ3n) is 7.07. The maximum Gasteiger partial charge on any atom is 0.0542 e. The average Bonchev–Trinajstić information content (AvgIpc) is 2.87. The molecule has 0 spiro atoms. The molecule has 0 aromatic heterocycles. The number of unbranched alkanes of at least 4 members (excludes halogenated alkanes) is 3. The zero-order chi connectivity index (χ0) is 25.2. The number of aliphatic hydroxyl groups is 1. The normalized spacial score (nSPS) is 20.5. The number of hydrogen-bond acceptors (Lipinski definition) is 3. The molecule has 2 aliphatic carbocycles. The highest BCUT2D eigenvalue weighted by Gasteiger charge is 2.17. The summed E-state index contributed by atoms with van der Waals surface area (Å²) >= 11 is 0. The molecule has 2 aliphatic rings. The van der Waals surface area contributed by atoms with Crippen LogP contribution in [-0.2, 0) is 0 Å². The molecule has 0 bridgehead atoms. The molecule has 0 radical (unpaired) electrons. The molecule has 2 rings (SSSR count). The Bertz CT molecular complexity index is 368. The van der Waals surface area contributed by atoms with Crippen LogP contribution in [0.1, 0.15) is 137 Å². The third kappa shape index (κ3) is 21.9. The summed E-state index contributed by atoms with van der Waals surface area (Å²) in [6.07, 6.45) is 24.9. The zero-order valence-corrected chi connectivity index (χ0v) is 23.6. The van der Waals surface area contributed by atoms with Gasteiger partial charge in [0.1, 0.15) is 0 Å². The van der Waals surface area contributed by atoms with E-state index in [-0.39, 0.29) is 6.10 Å². The molecule has 3 heteroatoms. The van der Waals surface area contributed by atoms with E-state index in [2.05, 4.69) is 31.1 Å². The van der Waals surface area contributed by atoms with Crippen molar-refractivity contribution in [2.75, 3.05) is 26.7 Å². The van der Waals surface area contributed by atoms with Gasteiger partial charge in [-0.3, -0.25) is 0 Å². The molecule has 33 heavy (non-hydrogen) atoms. The molecule has 0 heterocycles. The minimum Gasteiger partial charge on any atom is -0.393 e. The Morgan fingerprint density at radius 3 is 2.00 bits per heavy atom. The summed E-state index contributed by atoms with van der Waals surface area (Å²) in [5.41, 5.74) is 4.50. The van der Waals surface area contributed by atoms with Gasteiger partial charge in [-0.05, 0) is 89.9 Å². The van der Waals surface area contributed by atoms with E-state index in [0.717, 1.165) is 24.7 Å². The van der Waals surface area contributed by atoms with E-state index in [9.17, 15) is 5.11 Å². The fourth-order valence-corrected chi connectivity index (χ4v) is 5.17. The van der Waals surface area contributed by atoms with Crippen molar-refractivity contribution in [2.24, 2.45) is 17.6 Å². The molecule has 2 fully saturated rings. The van der Waals surface area contributed by atoms with Crippen molar-refractivity contribution in [1.29, 1.82) is 0 Å². The summed E-state index contributed by atoms with van der Waals surface area (Å²) < 4.78 is 0. The molecule has 2 saturated carbocycles. The van der Waals surface area contributed by atoms with Crippen LogP contribution in [0.15, 0.2) is 12.7 Å². The van der Waals surface area contributed by atoms with Crippen LogP contribution in [0.2, 0.25) is 0 Å². The van der Waals surface area contributed by atoms with Crippen molar-refractivity contribution >= 4 is 0 Å². The number of rotatable bonds is 13. The van der Waals surface area contributed by atoms with Gasteiger partial charge in [-0.15, -0.1) is 6.58 Å². The summed E-state index contributed by atoms with van der Waals surface area (Å²) in [4.78, 5) is 2.71. The molecule has 200 valence electrons. The fraction of sp³-hybridized carbons (Fsp3) is 0.933. The molecule has 3 N–H and O–H groups in total. The Balaban J connectivity index is 0. The summed E-state index contributed by atoms with van der Waals surface area (Å²) in [5, 5.41) is 9.21. The van der Waals surface area contributed by atoms with Gasteiger partial charge in [0, 0.05) is 0 Å². The van der Waals surface area contributed by atoms with Gasteiger partial charge < -0.3 is 15.7 Å². The van der Waals surface area contributed by atoms with Crippen molar-refractivity contribution < 1.29 is 5.11 Å². The predicted octanol–water partition coefficient (Wildman–Crippen LogP) is 8.35. The van der Waals surface area contributed by atoms with Crippen LogP contribution in [0.3, 0.4) is 0 Å². The molecule has 3 nitrogen and oxygen atoms in total. The quantitative estimate of drug-likeness (QED) is 0.211. The van der Waals surface area contributed by atoms with Gasteiger partial charge in [-0.25, -0.2) is 0 Å². The first-order valence-corrected chi connectivity index (χ1v) is 14.8. The van der Waals surface area contributed by atoms with Gasteiger partial charge in [0.25, 0.3) is 0 Å². The van der Waals surface area contributed by atoms with Crippen molar-refractivity contribution in [3.63, 3.8) is 0 Å². The summed E-state index contributed by atoms with van der Waals surface area (Å²) in [6, 6.07) is 0. The van der Waals surface area contributed by atoms with E-state index >= 15 is 0 Å². The molecule has 0 aliphatic heterocycles. The number of allylic oxidation sites excluding steroid dienone is 1. The average molecular weight is 469 g/mol. The highest BCUT2D eigenvalue weighted by atomic mass is 16.3. The highest BCUT2D eigenvalue weighted by molar-refractivity contribution is 4.70. The molecule has 0 saturated heterocycles. The molecule has 2 atom stereocenters. The zero-order valence-electron chi connectivity index (χ0n) is 23.6. The van der Waals surface area contributed by atoms with E-state index in [1.807, 2.05) is 19.9 Å². The molecule has 0 amide bonds. The van der Waals surface area contributed by atoms with Gasteiger partial charge in [-0.2, -0.15) is 0 Å². The minimum atomic E-state index is 0.0173. The third-order valence-corrected chi connectivity index (χ3v) is 7.07. The van der Waals surface area contributed by atoms with E-state index in [4.69, 9.17) is 0 Å². The van der Waals surface area contributed by atoms with Gasteiger partial charge in [0.2, 0.25) is 0 Å². The molecule has 2 unspecified atom stereocenters. The topological polar surface area (TPSA) is 49.5 Å².